The molecule has 26 heavy (non-hydrogen) atoms. The van der Waals surface area contributed by atoms with E-state index in [0.717, 1.165) is 23.2 Å². The first-order valence-electron chi connectivity index (χ1n) is 8.99. The van der Waals surface area contributed by atoms with Crippen LogP contribution in [0.3, 0.4) is 0 Å². The highest BCUT2D eigenvalue weighted by Crippen LogP contribution is 2.14. The summed E-state index contributed by atoms with van der Waals surface area (Å²) in [5.74, 6) is -0.0415. The maximum Gasteiger partial charge on any atom is 0.227 e. The van der Waals surface area contributed by atoms with E-state index in [-0.39, 0.29) is 17.7 Å². The van der Waals surface area contributed by atoms with Crippen LogP contribution in [0, 0.1) is 5.92 Å². The number of nitrogens with one attached hydrogen (secondary N) is 2. The van der Waals surface area contributed by atoms with Crippen LogP contribution >= 0.6 is 0 Å². The second-order valence-corrected chi connectivity index (χ2v) is 6.47. The van der Waals surface area contributed by atoms with E-state index < -0.39 is 0 Å². The zero-order valence-corrected chi connectivity index (χ0v) is 15.4. The Balaban J connectivity index is 1.83. The summed E-state index contributed by atoms with van der Waals surface area (Å²) < 4.78 is 0. The van der Waals surface area contributed by atoms with Crippen LogP contribution in [-0.2, 0) is 22.6 Å². The van der Waals surface area contributed by atoms with E-state index in [9.17, 15) is 9.59 Å². The zero-order valence-electron chi connectivity index (χ0n) is 15.4. The molecule has 0 bridgehead atoms. The van der Waals surface area contributed by atoms with E-state index in [4.69, 9.17) is 5.73 Å². The second kappa shape index (κ2) is 9.61. The number of para-hydroxylation sites is 1. The van der Waals surface area contributed by atoms with Gasteiger partial charge in [0, 0.05) is 30.3 Å². The minimum absolute atomic E-state index is 0.00846. The minimum Gasteiger partial charge on any atom is -0.399 e. The number of nitrogens with two attached hydrogens (primary N) is 1. The molecule has 0 saturated carbocycles. The summed E-state index contributed by atoms with van der Waals surface area (Å²) in [7, 11) is 0. The molecule has 0 saturated heterocycles. The Morgan fingerprint density at radius 1 is 1.12 bits per heavy atom. The lowest BCUT2D eigenvalue weighted by atomic mass is 10.1. The molecule has 0 radical (unpaired) electrons. The van der Waals surface area contributed by atoms with E-state index >= 15 is 0 Å². The third-order valence-electron chi connectivity index (χ3n) is 4.42. The molecule has 2 aromatic carbocycles. The molecule has 0 spiro atoms. The summed E-state index contributed by atoms with van der Waals surface area (Å²) in [5.41, 5.74) is 9.28. The number of benzene rings is 2. The van der Waals surface area contributed by atoms with Gasteiger partial charge in [0.1, 0.15) is 0 Å². The Hall–Kier alpha value is -2.82. The summed E-state index contributed by atoms with van der Waals surface area (Å²) in [6, 6.07) is 15.1. The number of amides is 2. The van der Waals surface area contributed by atoms with E-state index in [1.54, 1.807) is 0 Å². The van der Waals surface area contributed by atoms with E-state index in [0.29, 0.717) is 25.1 Å². The van der Waals surface area contributed by atoms with Gasteiger partial charge in [0.25, 0.3) is 0 Å². The topological polar surface area (TPSA) is 84.2 Å². The molecule has 1 atom stereocenters. The average Bonchev–Trinajstić information content (AvgIpc) is 2.65. The van der Waals surface area contributed by atoms with Crippen molar-refractivity contribution in [2.75, 3.05) is 11.1 Å². The number of rotatable bonds is 8. The molecule has 0 aliphatic heterocycles. The molecule has 0 aliphatic carbocycles. The van der Waals surface area contributed by atoms with E-state index in [1.165, 1.54) is 0 Å². The number of aryl methyl sites for hydroxylation is 1. The molecule has 5 nitrogen and oxygen atoms in total. The van der Waals surface area contributed by atoms with Gasteiger partial charge in [-0.15, -0.1) is 0 Å². The minimum atomic E-state index is -0.0257. The van der Waals surface area contributed by atoms with Crippen molar-refractivity contribution in [3.8, 4) is 0 Å². The Bertz CT molecular complexity index is 758. The van der Waals surface area contributed by atoms with Crippen molar-refractivity contribution in [2.45, 2.75) is 39.7 Å². The Labute approximate surface area is 155 Å². The molecule has 138 valence electrons. The number of carbonyl (C=O) groups excluding carboxylic acids is 2. The van der Waals surface area contributed by atoms with Gasteiger partial charge >= 0.3 is 0 Å². The number of nitrogen functional groups attached to an aromatic ring is 1. The first kappa shape index (κ1) is 19.5. The molecule has 2 amide bonds. The molecular formula is C21H27N3O2. The number of hydrogen-bond donors (Lipinski definition) is 3. The fraction of sp³-hybridized carbons (Fsp3) is 0.333. The van der Waals surface area contributed by atoms with Crippen LogP contribution in [0.5, 0.6) is 0 Å². The lowest BCUT2D eigenvalue weighted by Crippen LogP contribution is -2.23. The summed E-state index contributed by atoms with van der Waals surface area (Å²) in [5, 5.41) is 5.82. The second-order valence-electron chi connectivity index (χ2n) is 6.47. The molecular weight excluding hydrogens is 326 g/mol. The average molecular weight is 353 g/mol. The first-order chi connectivity index (χ1) is 12.5. The van der Waals surface area contributed by atoms with Crippen LogP contribution in [0.2, 0.25) is 0 Å². The Morgan fingerprint density at radius 3 is 2.62 bits per heavy atom. The fourth-order valence-corrected chi connectivity index (χ4v) is 2.51. The normalized spacial score (nSPS) is 11.6. The fourth-order valence-electron chi connectivity index (χ4n) is 2.51. The third kappa shape index (κ3) is 5.92. The molecule has 1 unspecified atom stereocenters. The van der Waals surface area contributed by atoms with Crippen molar-refractivity contribution in [3.63, 3.8) is 0 Å². The number of carbonyl (C=O) groups is 2. The van der Waals surface area contributed by atoms with Crippen LogP contribution in [0.15, 0.2) is 48.5 Å². The van der Waals surface area contributed by atoms with Gasteiger partial charge in [-0.1, -0.05) is 44.2 Å². The van der Waals surface area contributed by atoms with E-state index in [1.807, 2.05) is 62.4 Å². The zero-order chi connectivity index (χ0) is 18.9. The predicted molar refractivity (Wildman–Crippen MR) is 106 cm³/mol. The monoisotopic (exact) mass is 353 g/mol. The van der Waals surface area contributed by atoms with Gasteiger partial charge in [-0.2, -0.15) is 0 Å². The molecule has 4 N–H and O–H groups in total. The maximum atomic E-state index is 12.1. The van der Waals surface area contributed by atoms with Crippen LogP contribution in [0.25, 0.3) is 0 Å². The largest absolute Gasteiger partial charge is 0.399 e. The van der Waals surface area contributed by atoms with Crippen molar-refractivity contribution in [3.05, 3.63) is 59.7 Å². The van der Waals surface area contributed by atoms with Gasteiger partial charge in [-0.05, 0) is 42.2 Å². The Morgan fingerprint density at radius 2 is 1.88 bits per heavy atom. The first-order valence-corrected chi connectivity index (χ1v) is 8.99. The van der Waals surface area contributed by atoms with Gasteiger partial charge in [0.05, 0.1) is 0 Å². The molecule has 0 aliphatic rings. The summed E-state index contributed by atoms with van der Waals surface area (Å²) in [4.78, 5) is 24.0. The summed E-state index contributed by atoms with van der Waals surface area (Å²) in [6.45, 7) is 4.31. The number of hydrogen-bond acceptors (Lipinski definition) is 3. The van der Waals surface area contributed by atoms with Crippen LogP contribution in [0.4, 0.5) is 11.4 Å². The van der Waals surface area contributed by atoms with Crippen molar-refractivity contribution in [2.24, 2.45) is 5.92 Å². The van der Waals surface area contributed by atoms with Crippen LogP contribution < -0.4 is 16.4 Å². The quantitative estimate of drug-likeness (QED) is 0.635. The number of anilines is 2. The van der Waals surface area contributed by atoms with Gasteiger partial charge in [0.15, 0.2) is 0 Å². The Kier molecular flexibility index (Phi) is 7.21. The molecule has 0 heterocycles. The van der Waals surface area contributed by atoms with Crippen molar-refractivity contribution < 1.29 is 9.59 Å². The van der Waals surface area contributed by atoms with Crippen LogP contribution in [0.1, 0.15) is 37.8 Å². The highest BCUT2D eigenvalue weighted by molar-refractivity contribution is 5.92. The van der Waals surface area contributed by atoms with Crippen molar-refractivity contribution in [1.82, 2.24) is 5.32 Å². The van der Waals surface area contributed by atoms with Gasteiger partial charge in [-0.25, -0.2) is 0 Å². The molecule has 2 aromatic rings. The lowest BCUT2D eigenvalue weighted by Gasteiger charge is -2.11. The van der Waals surface area contributed by atoms with Gasteiger partial charge < -0.3 is 16.4 Å². The smallest absolute Gasteiger partial charge is 0.227 e. The molecule has 5 heteroatoms. The van der Waals surface area contributed by atoms with Crippen molar-refractivity contribution >= 4 is 23.2 Å². The summed E-state index contributed by atoms with van der Waals surface area (Å²) in [6.07, 6.45) is 1.80. The highest BCUT2D eigenvalue weighted by atomic mass is 16.2. The molecule has 0 aromatic heterocycles. The standard InChI is InChI=1S/C21H27N3O2/c1-3-15(2)21(26)24-18-9-6-7-16(13-18)14-23-20(25)12-11-17-8-4-5-10-19(17)22/h4-10,13,15H,3,11-12,14,22H2,1-2H3,(H,23,25)(H,24,26). The highest BCUT2D eigenvalue weighted by Gasteiger charge is 2.10. The lowest BCUT2D eigenvalue weighted by molar-refractivity contribution is -0.121. The van der Waals surface area contributed by atoms with Crippen molar-refractivity contribution in [1.29, 1.82) is 0 Å². The molecule has 0 fully saturated rings. The molecule has 2 rings (SSSR count). The SMILES string of the molecule is CCC(C)C(=O)Nc1cccc(CNC(=O)CCc2ccccc2N)c1. The third-order valence-corrected chi connectivity index (χ3v) is 4.42. The van der Waals surface area contributed by atoms with Gasteiger partial charge in [-0.3, -0.25) is 9.59 Å². The predicted octanol–water partition coefficient (Wildman–Crippen LogP) is 3.50. The van der Waals surface area contributed by atoms with Gasteiger partial charge in [0.2, 0.25) is 11.8 Å². The van der Waals surface area contributed by atoms with Crippen LogP contribution in [-0.4, -0.2) is 11.8 Å². The maximum absolute atomic E-state index is 12.1. The summed E-state index contributed by atoms with van der Waals surface area (Å²) >= 11 is 0. The van der Waals surface area contributed by atoms with E-state index in [2.05, 4.69) is 10.6 Å².